The van der Waals surface area contributed by atoms with Gasteiger partial charge >= 0.3 is 0 Å². The highest BCUT2D eigenvalue weighted by molar-refractivity contribution is 7.98. The molecule has 1 aliphatic rings. The number of thioether (sulfide) groups is 1. The van der Waals surface area contributed by atoms with Gasteiger partial charge in [0.15, 0.2) is 0 Å². The van der Waals surface area contributed by atoms with E-state index in [-0.39, 0.29) is 5.91 Å². The van der Waals surface area contributed by atoms with Crippen molar-refractivity contribution >= 4 is 17.7 Å². The molecular weight excluding hydrogens is 448 g/mol. The molecule has 1 N–H and O–H groups in total. The molecular formula is C31H38N2OS. The summed E-state index contributed by atoms with van der Waals surface area (Å²) in [4.78, 5) is 16.6. The van der Waals surface area contributed by atoms with Crippen molar-refractivity contribution in [3.05, 3.63) is 89.5 Å². The number of nitrogens with one attached hydrogen (secondary N) is 1. The first kappa shape index (κ1) is 25.5. The fraction of sp³-hybridized carbons (Fsp3) is 0.387. The van der Waals surface area contributed by atoms with Crippen molar-refractivity contribution in [3.63, 3.8) is 0 Å². The second kappa shape index (κ2) is 12.9. The van der Waals surface area contributed by atoms with Crippen molar-refractivity contribution in [1.29, 1.82) is 0 Å². The van der Waals surface area contributed by atoms with E-state index in [2.05, 4.69) is 53.7 Å². The van der Waals surface area contributed by atoms with Crippen molar-refractivity contribution in [2.24, 2.45) is 0 Å². The lowest BCUT2D eigenvalue weighted by Gasteiger charge is -2.35. The maximum absolute atomic E-state index is 12.6. The number of aryl methyl sites for hydroxylation is 1. The predicted molar refractivity (Wildman–Crippen MR) is 149 cm³/mol. The van der Waals surface area contributed by atoms with Gasteiger partial charge in [0.05, 0.1) is 0 Å². The fourth-order valence-electron chi connectivity index (χ4n) is 5.10. The van der Waals surface area contributed by atoms with Crippen LogP contribution in [0.15, 0.2) is 77.7 Å². The monoisotopic (exact) mass is 486 g/mol. The standard InChI is InChI=1S/C31H38N2OS/c1-3-20-33(29-17-15-28-23-30(35-2)18-16-27(28)22-29)21-8-7-19-32-31(34)26-13-11-25(12-14-26)24-9-5-4-6-10-24/h4-6,9-14,16,18,23,29H,3,7-8,15,17,19-22H2,1-2H3,(H,32,34). The number of amides is 1. The summed E-state index contributed by atoms with van der Waals surface area (Å²) in [5, 5.41) is 3.11. The Bertz CT molecular complexity index is 1080. The summed E-state index contributed by atoms with van der Waals surface area (Å²) in [5.41, 5.74) is 6.10. The molecule has 0 aliphatic heterocycles. The highest BCUT2D eigenvalue weighted by Gasteiger charge is 2.23. The first-order valence-corrected chi connectivity index (χ1v) is 14.2. The van der Waals surface area contributed by atoms with Gasteiger partial charge in [-0.2, -0.15) is 0 Å². The zero-order valence-corrected chi connectivity index (χ0v) is 21.9. The number of carbonyl (C=O) groups excluding carboxylic acids is 1. The lowest BCUT2D eigenvalue weighted by Crippen LogP contribution is -2.40. The molecule has 1 amide bonds. The van der Waals surface area contributed by atoms with Crippen LogP contribution in [-0.4, -0.2) is 42.7 Å². The molecule has 35 heavy (non-hydrogen) atoms. The van der Waals surface area contributed by atoms with Gasteiger partial charge in [-0.25, -0.2) is 0 Å². The van der Waals surface area contributed by atoms with Gasteiger partial charge in [0, 0.05) is 23.0 Å². The number of unbranched alkanes of at least 4 members (excludes halogenated alkanes) is 1. The van der Waals surface area contributed by atoms with E-state index in [1.54, 1.807) is 5.56 Å². The Balaban J connectivity index is 1.21. The number of hydrogen-bond donors (Lipinski definition) is 1. The van der Waals surface area contributed by atoms with E-state index in [4.69, 9.17) is 0 Å². The third-order valence-electron chi connectivity index (χ3n) is 7.05. The number of hydrogen-bond acceptors (Lipinski definition) is 3. The molecule has 0 bridgehead atoms. The van der Waals surface area contributed by atoms with Crippen LogP contribution in [-0.2, 0) is 12.8 Å². The minimum Gasteiger partial charge on any atom is -0.352 e. The van der Waals surface area contributed by atoms with Crippen LogP contribution in [0.5, 0.6) is 0 Å². The highest BCUT2D eigenvalue weighted by Crippen LogP contribution is 2.28. The first-order chi connectivity index (χ1) is 17.2. The van der Waals surface area contributed by atoms with Gasteiger partial charge in [0.25, 0.3) is 5.91 Å². The zero-order valence-electron chi connectivity index (χ0n) is 21.1. The third-order valence-corrected chi connectivity index (χ3v) is 7.78. The first-order valence-electron chi connectivity index (χ1n) is 13.0. The van der Waals surface area contributed by atoms with Crippen molar-refractivity contribution in [2.75, 3.05) is 25.9 Å². The third kappa shape index (κ3) is 6.99. The molecule has 1 aliphatic carbocycles. The normalized spacial score (nSPS) is 15.1. The summed E-state index contributed by atoms with van der Waals surface area (Å²) in [6.45, 7) is 5.27. The summed E-state index contributed by atoms with van der Waals surface area (Å²) in [6, 6.07) is 25.8. The molecule has 4 heteroatoms. The van der Waals surface area contributed by atoms with E-state index < -0.39 is 0 Å². The lowest BCUT2D eigenvalue weighted by molar-refractivity contribution is 0.0952. The largest absolute Gasteiger partial charge is 0.352 e. The van der Waals surface area contributed by atoms with E-state index in [9.17, 15) is 4.79 Å². The smallest absolute Gasteiger partial charge is 0.251 e. The Labute approximate surface area is 215 Å². The molecule has 0 radical (unpaired) electrons. The van der Waals surface area contributed by atoms with E-state index in [0.717, 1.165) is 43.6 Å². The summed E-state index contributed by atoms with van der Waals surface area (Å²) >= 11 is 1.83. The molecule has 4 rings (SSSR count). The topological polar surface area (TPSA) is 32.3 Å². The quantitative estimate of drug-likeness (QED) is 0.237. The van der Waals surface area contributed by atoms with Gasteiger partial charge in [-0.15, -0.1) is 11.8 Å². The van der Waals surface area contributed by atoms with Gasteiger partial charge in [-0.3, -0.25) is 4.79 Å². The zero-order chi connectivity index (χ0) is 24.5. The number of carbonyl (C=O) groups is 1. The van der Waals surface area contributed by atoms with Crippen LogP contribution in [0.1, 0.15) is 54.1 Å². The maximum atomic E-state index is 12.6. The molecule has 3 aromatic carbocycles. The van der Waals surface area contributed by atoms with Crippen molar-refractivity contribution in [2.45, 2.75) is 56.4 Å². The number of benzene rings is 3. The van der Waals surface area contributed by atoms with Crippen molar-refractivity contribution in [3.8, 4) is 11.1 Å². The van der Waals surface area contributed by atoms with Crippen LogP contribution in [0.3, 0.4) is 0 Å². The molecule has 3 nitrogen and oxygen atoms in total. The van der Waals surface area contributed by atoms with E-state index in [0.29, 0.717) is 6.04 Å². The van der Waals surface area contributed by atoms with Gasteiger partial charge in [0.2, 0.25) is 0 Å². The molecule has 0 saturated heterocycles. The molecule has 0 heterocycles. The molecule has 0 spiro atoms. The Hall–Kier alpha value is -2.56. The summed E-state index contributed by atoms with van der Waals surface area (Å²) in [5.74, 6) is 0.0172. The lowest BCUT2D eigenvalue weighted by atomic mass is 9.87. The van der Waals surface area contributed by atoms with Crippen LogP contribution in [0, 0.1) is 0 Å². The summed E-state index contributed by atoms with van der Waals surface area (Å²) in [6.07, 6.45) is 9.06. The van der Waals surface area contributed by atoms with Gasteiger partial charge < -0.3 is 10.2 Å². The maximum Gasteiger partial charge on any atom is 0.251 e. The van der Waals surface area contributed by atoms with Gasteiger partial charge in [-0.1, -0.05) is 55.5 Å². The molecule has 0 aromatic heterocycles. The van der Waals surface area contributed by atoms with Crippen molar-refractivity contribution in [1.82, 2.24) is 10.2 Å². The fourth-order valence-corrected chi connectivity index (χ4v) is 5.57. The van der Waals surface area contributed by atoms with E-state index in [1.807, 2.05) is 54.2 Å². The molecule has 1 unspecified atom stereocenters. The SMILES string of the molecule is CCCN(CCCCNC(=O)c1ccc(-c2ccccc2)cc1)C1CCc2cc(SC)ccc2C1. The number of fused-ring (bicyclic) bond motifs is 1. The Morgan fingerprint density at radius 3 is 2.46 bits per heavy atom. The average Bonchev–Trinajstić information content (AvgIpc) is 2.92. The summed E-state index contributed by atoms with van der Waals surface area (Å²) in [7, 11) is 0. The van der Waals surface area contributed by atoms with Gasteiger partial charge in [-0.05, 0) is 104 Å². The molecule has 0 fully saturated rings. The number of rotatable bonds is 11. The Morgan fingerprint density at radius 1 is 0.943 bits per heavy atom. The average molecular weight is 487 g/mol. The van der Waals surface area contributed by atoms with Crippen LogP contribution in [0.25, 0.3) is 11.1 Å². The molecule has 1 atom stereocenters. The second-order valence-corrected chi connectivity index (χ2v) is 10.4. The van der Waals surface area contributed by atoms with Crippen LogP contribution < -0.4 is 5.32 Å². The minimum absolute atomic E-state index is 0.0172. The van der Waals surface area contributed by atoms with Crippen LogP contribution in [0.4, 0.5) is 0 Å². The Morgan fingerprint density at radius 2 is 1.71 bits per heavy atom. The summed E-state index contributed by atoms with van der Waals surface area (Å²) < 4.78 is 0. The van der Waals surface area contributed by atoms with E-state index in [1.165, 1.54) is 41.7 Å². The molecule has 3 aromatic rings. The number of nitrogens with zero attached hydrogens (tertiary/aromatic N) is 1. The molecule has 0 saturated carbocycles. The van der Waals surface area contributed by atoms with Crippen LogP contribution >= 0.6 is 11.8 Å². The van der Waals surface area contributed by atoms with Crippen LogP contribution in [0.2, 0.25) is 0 Å². The Kier molecular flexibility index (Phi) is 9.44. The minimum atomic E-state index is 0.0172. The molecule has 184 valence electrons. The predicted octanol–water partition coefficient (Wildman–Crippen LogP) is 6.86. The van der Waals surface area contributed by atoms with Crippen molar-refractivity contribution < 1.29 is 4.79 Å². The van der Waals surface area contributed by atoms with E-state index >= 15 is 0 Å². The van der Waals surface area contributed by atoms with Gasteiger partial charge in [0.1, 0.15) is 0 Å². The highest BCUT2D eigenvalue weighted by atomic mass is 32.2. The second-order valence-electron chi connectivity index (χ2n) is 9.47.